The Morgan fingerprint density at radius 1 is 1.59 bits per heavy atom. The van der Waals surface area contributed by atoms with Crippen molar-refractivity contribution in [2.24, 2.45) is 4.99 Å². The summed E-state index contributed by atoms with van der Waals surface area (Å²) in [6.07, 6.45) is 3.38. The number of nitrogens with one attached hydrogen (secondary N) is 1. The summed E-state index contributed by atoms with van der Waals surface area (Å²) in [4.78, 5) is 14.9. The van der Waals surface area contributed by atoms with Crippen molar-refractivity contribution in [3.05, 3.63) is 29.3 Å². The molecule has 90 valence electrons. The molecule has 0 fully saturated rings. The number of hydrogen-bond donors (Lipinski definition) is 1. The molecular weight excluding hydrogens is 216 g/mol. The molecule has 0 aliphatic heterocycles. The fraction of sp³-hybridized carbons (Fsp3) is 0.385. The van der Waals surface area contributed by atoms with E-state index in [-0.39, 0.29) is 12.1 Å². The van der Waals surface area contributed by atoms with Crippen molar-refractivity contribution in [1.82, 2.24) is 0 Å². The predicted molar refractivity (Wildman–Crippen MR) is 67.3 cm³/mol. The SMILES string of the molecule is CN=CNc1ccc2c(c1)C(OC(C)=O)CC2. The van der Waals surface area contributed by atoms with Crippen molar-refractivity contribution < 1.29 is 9.53 Å². The first-order valence-electron chi connectivity index (χ1n) is 5.68. The maximum atomic E-state index is 11.0. The Morgan fingerprint density at radius 3 is 3.12 bits per heavy atom. The minimum atomic E-state index is -0.226. The smallest absolute Gasteiger partial charge is 0.303 e. The molecule has 1 aliphatic rings. The highest BCUT2D eigenvalue weighted by atomic mass is 16.5. The van der Waals surface area contributed by atoms with E-state index in [2.05, 4.69) is 16.4 Å². The minimum absolute atomic E-state index is 0.0946. The van der Waals surface area contributed by atoms with Crippen LogP contribution in [0.5, 0.6) is 0 Å². The number of ether oxygens (including phenoxy) is 1. The molecule has 0 saturated heterocycles. The lowest BCUT2D eigenvalue weighted by Crippen LogP contribution is -2.05. The van der Waals surface area contributed by atoms with Gasteiger partial charge in [-0.1, -0.05) is 6.07 Å². The second-order valence-electron chi connectivity index (χ2n) is 4.08. The van der Waals surface area contributed by atoms with Crippen LogP contribution in [0.3, 0.4) is 0 Å². The van der Waals surface area contributed by atoms with Crippen LogP contribution in [0.2, 0.25) is 0 Å². The Bertz CT molecular complexity index is 455. The van der Waals surface area contributed by atoms with Gasteiger partial charge in [-0.15, -0.1) is 0 Å². The van der Waals surface area contributed by atoms with Gasteiger partial charge in [0.2, 0.25) is 0 Å². The zero-order chi connectivity index (χ0) is 12.3. The molecule has 0 amide bonds. The third-order valence-electron chi connectivity index (χ3n) is 2.84. The van der Waals surface area contributed by atoms with E-state index >= 15 is 0 Å². The van der Waals surface area contributed by atoms with E-state index in [0.717, 1.165) is 24.1 Å². The third kappa shape index (κ3) is 2.64. The quantitative estimate of drug-likeness (QED) is 0.494. The van der Waals surface area contributed by atoms with Gasteiger partial charge in [0.1, 0.15) is 6.10 Å². The van der Waals surface area contributed by atoms with Gasteiger partial charge in [-0.2, -0.15) is 0 Å². The summed E-state index contributed by atoms with van der Waals surface area (Å²) in [5, 5.41) is 3.07. The highest BCUT2D eigenvalue weighted by Crippen LogP contribution is 2.35. The summed E-state index contributed by atoms with van der Waals surface area (Å²) in [5.41, 5.74) is 3.33. The van der Waals surface area contributed by atoms with Gasteiger partial charge in [0.25, 0.3) is 0 Å². The van der Waals surface area contributed by atoms with Gasteiger partial charge in [0.05, 0.1) is 6.34 Å². The third-order valence-corrected chi connectivity index (χ3v) is 2.84. The maximum Gasteiger partial charge on any atom is 0.303 e. The van der Waals surface area contributed by atoms with Gasteiger partial charge in [-0.25, -0.2) is 0 Å². The Balaban J connectivity index is 2.20. The molecular formula is C13H16N2O2. The average molecular weight is 232 g/mol. The number of nitrogens with zero attached hydrogens (tertiary/aromatic N) is 1. The van der Waals surface area contributed by atoms with Crippen LogP contribution in [0.25, 0.3) is 0 Å². The van der Waals surface area contributed by atoms with Crippen molar-refractivity contribution in [3.8, 4) is 0 Å². The van der Waals surface area contributed by atoms with Gasteiger partial charge in [-0.3, -0.25) is 9.79 Å². The lowest BCUT2D eigenvalue weighted by atomic mass is 10.1. The molecule has 0 bridgehead atoms. The standard InChI is InChI=1S/C13H16N2O2/c1-9(16)17-13-6-4-10-3-5-11(7-12(10)13)15-8-14-2/h3,5,7-8,13H,4,6H2,1-2H3,(H,14,15). The van der Waals surface area contributed by atoms with Crippen LogP contribution in [0, 0.1) is 0 Å². The predicted octanol–water partition coefficient (Wildman–Crippen LogP) is 2.31. The Labute approximate surface area is 101 Å². The molecule has 0 aromatic heterocycles. The van der Waals surface area contributed by atoms with E-state index in [1.165, 1.54) is 12.5 Å². The number of hydrogen-bond acceptors (Lipinski definition) is 3. The number of rotatable bonds is 3. The van der Waals surface area contributed by atoms with E-state index in [9.17, 15) is 4.79 Å². The van der Waals surface area contributed by atoms with E-state index in [1.807, 2.05) is 12.1 Å². The zero-order valence-electron chi connectivity index (χ0n) is 10.1. The normalized spacial score (nSPS) is 18.1. The summed E-state index contributed by atoms with van der Waals surface area (Å²) in [6, 6.07) is 6.11. The molecule has 1 aromatic rings. The van der Waals surface area contributed by atoms with E-state index in [0.29, 0.717) is 0 Å². The average Bonchev–Trinajstić information content (AvgIpc) is 2.69. The maximum absolute atomic E-state index is 11.0. The highest BCUT2D eigenvalue weighted by Gasteiger charge is 2.24. The molecule has 1 aliphatic carbocycles. The monoisotopic (exact) mass is 232 g/mol. The molecule has 1 aromatic carbocycles. The molecule has 0 spiro atoms. The lowest BCUT2D eigenvalue weighted by Gasteiger charge is -2.12. The van der Waals surface area contributed by atoms with Gasteiger partial charge in [0, 0.05) is 19.7 Å². The second-order valence-corrected chi connectivity index (χ2v) is 4.08. The number of aryl methyl sites for hydroxylation is 1. The van der Waals surface area contributed by atoms with Crippen LogP contribution in [-0.4, -0.2) is 19.4 Å². The molecule has 4 heteroatoms. The van der Waals surface area contributed by atoms with Crippen LogP contribution in [0.15, 0.2) is 23.2 Å². The summed E-state index contributed by atoms with van der Waals surface area (Å²) in [5.74, 6) is -0.226. The first-order chi connectivity index (χ1) is 8.20. The van der Waals surface area contributed by atoms with Gasteiger partial charge >= 0.3 is 5.97 Å². The van der Waals surface area contributed by atoms with E-state index in [4.69, 9.17) is 4.74 Å². The Kier molecular flexibility index (Phi) is 3.42. The fourth-order valence-corrected chi connectivity index (χ4v) is 2.12. The van der Waals surface area contributed by atoms with Crippen LogP contribution in [-0.2, 0) is 16.0 Å². The number of anilines is 1. The number of esters is 1. The zero-order valence-corrected chi connectivity index (χ0v) is 10.1. The first kappa shape index (κ1) is 11.6. The Hall–Kier alpha value is -1.84. The van der Waals surface area contributed by atoms with Crippen molar-refractivity contribution in [2.75, 3.05) is 12.4 Å². The van der Waals surface area contributed by atoms with Gasteiger partial charge in [0.15, 0.2) is 0 Å². The molecule has 2 rings (SSSR count). The van der Waals surface area contributed by atoms with Crippen LogP contribution in [0.1, 0.15) is 30.6 Å². The number of carbonyl (C=O) groups is 1. The number of fused-ring (bicyclic) bond motifs is 1. The van der Waals surface area contributed by atoms with Crippen LogP contribution < -0.4 is 5.32 Å². The van der Waals surface area contributed by atoms with Gasteiger partial charge < -0.3 is 10.1 Å². The summed E-state index contributed by atoms with van der Waals surface area (Å²) in [6.45, 7) is 1.45. The van der Waals surface area contributed by atoms with Gasteiger partial charge in [-0.05, 0) is 36.1 Å². The summed E-state index contributed by atoms with van der Waals surface area (Å²) in [7, 11) is 1.71. The Morgan fingerprint density at radius 2 is 2.41 bits per heavy atom. The van der Waals surface area contributed by atoms with Crippen molar-refractivity contribution in [2.45, 2.75) is 25.9 Å². The number of benzene rings is 1. The molecule has 0 heterocycles. The van der Waals surface area contributed by atoms with Crippen LogP contribution >= 0.6 is 0 Å². The van der Waals surface area contributed by atoms with E-state index in [1.54, 1.807) is 13.4 Å². The number of aliphatic imine (C=N–C) groups is 1. The number of carbonyl (C=O) groups excluding carboxylic acids is 1. The van der Waals surface area contributed by atoms with Crippen molar-refractivity contribution >= 4 is 18.0 Å². The molecule has 1 atom stereocenters. The minimum Gasteiger partial charge on any atom is -0.458 e. The molecule has 0 saturated carbocycles. The van der Waals surface area contributed by atoms with Crippen molar-refractivity contribution in [3.63, 3.8) is 0 Å². The highest BCUT2D eigenvalue weighted by molar-refractivity contribution is 5.76. The topological polar surface area (TPSA) is 50.7 Å². The molecule has 4 nitrogen and oxygen atoms in total. The molecule has 1 N–H and O–H groups in total. The molecule has 0 radical (unpaired) electrons. The van der Waals surface area contributed by atoms with E-state index < -0.39 is 0 Å². The molecule has 1 unspecified atom stereocenters. The second kappa shape index (κ2) is 4.99. The molecule has 17 heavy (non-hydrogen) atoms. The first-order valence-corrected chi connectivity index (χ1v) is 5.68. The van der Waals surface area contributed by atoms with Crippen LogP contribution in [0.4, 0.5) is 5.69 Å². The summed E-state index contributed by atoms with van der Waals surface area (Å²) >= 11 is 0. The largest absolute Gasteiger partial charge is 0.458 e. The van der Waals surface area contributed by atoms with Crippen molar-refractivity contribution in [1.29, 1.82) is 0 Å². The fourth-order valence-electron chi connectivity index (χ4n) is 2.12. The lowest BCUT2D eigenvalue weighted by molar-refractivity contribution is -0.146. The summed E-state index contributed by atoms with van der Waals surface area (Å²) < 4.78 is 5.30.